The molecule has 126 valence electrons. The minimum atomic E-state index is -5.52. The lowest BCUT2D eigenvalue weighted by Crippen LogP contribution is -2.41. The summed E-state index contributed by atoms with van der Waals surface area (Å²) in [5.74, 6) is 0.570. The third-order valence-electron chi connectivity index (χ3n) is 3.28. The Morgan fingerprint density at radius 2 is 1.78 bits per heavy atom. The largest absolute Gasteiger partial charge is 0.491 e. The van der Waals surface area contributed by atoms with Crippen molar-refractivity contribution in [3.8, 4) is 5.75 Å². The summed E-state index contributed by atoms with van der Waals surface area (Å²) in [5.41, 5.74) is 0. The van der Waals surface area contributed by atoms with Gasteiger partial charge >= 0.3 is 15.4 Å². The molecule has 5 nitrogen and oxygen atoms in total. The molecule has 0 fully saturated rings. The lowest BCUT2D eigenvalue weighted by Gasteiger charge is -2.21. The van der Waals surface area contributed by atoms with Crippen LogP contribution in [0.15, 0.2) is 42.5 Å². The van der Waals surface area contributed by atoms with Crippen LogP contribution in [-0.2, 0) is 14.9 Å². The number of halogens is 2. The second kappa shape index (κ2) is 6.77. The predicted octanol–water partition coefficient (Wildman–Crippen LogP) is 3.10. The normalized spacial score (nSPS) is 13.9. The van der Waals surface area contributed by atoms with Gasteiger partial charge in [-0.3, -0.25) is 4.55 Å². The summed E-state index contributed by atoms with van der Waals surface area (Å²) >= 11 is 0. The summed E-state index contributed by atoms with van der Waals surface area (Å²) in [6.45, 7) is 0.571. The Hall–Kier alpha value is -1.77. The van der Waals surface area contributed by atoms with Crippen LogP contribution in [0.5, 0.6) is 5.75 Å². The van der Waals surface area contributed by atoms with Crippen LogP contribution in [0, 0.1) is 0 Å². The molecule has 0 saturated heterocycles. The highest BCUT2D eigenvalue weighted by molar-refractivity contribution is 7.86. The Morgan fingerprint density at radius 1 is 1.13 bits per heavy atom. The first-order valence-corrected chi connectivity index (χ1v) is 8.24. The maximum Gasteiger partial charge on any atom is 0.394 e. The van der Waals surface area contributed by atoms with Crippen LogP contribution >= 0.6 is 0 Å². The van der Waals surface area contributed by atoms with Gasteiger partial charge in [0.1, 0.15) is 18.5 Å². The number of benzene rings is 2. The molecule has 0 heterocycles. The molecule has 0 aliphatic carbocycles. The van der Waals surface area contributed by atoms with Crippen LogP contribution in [0.25, 0.3) is 10.8 Å². The van der Waals surface area contributed by atoms with Crippen LogP contribution < -0.4 is 4.74 Å². The van der Waals surface area contributed by atoms with E-state index in [0.717, 1.165) is 17.7 Å². The summed E-state index contributed by atoms with van der Waals surface area (Å²) in [5, 5.41) is -2.53. The average Bonchev–Trinajstić information content (AvgIpc) is 2.50. The van der Waals surface area contributed by atoms with Gasteiger partial charge in [0.2, 0.25) is 0 Å². The number of ether oxygens (including phenoxy) is 2. The highest BCUT2D eigenvalue weighted by Crippen LogP contribution is 2.27. The topological polar surface area (TPSA) is 72.8 Å². The van der Waals surface area contributed by atoms with E-state index in [0.29, 0.717) is 5.75 Å². The molecule has 2 aromatic rings. The quantitative estimate of drug-likeness (QED) is 0.616. The Kier molecular flexibility index (Phi) is 5.18. The summed E-state index contributed by atoms with van der Waals surface area (Å²) in [7, 11) is -5.52. The lowest BCUT2D eigenvalue weighted by atomic mass is 10.1. The van der Waals surface area contributed by atoms with Crippen molar-refractivity contribution in [1.29, 1.82) is 0 Å². The van der Waals surface area contributed by atoms with E-state index in [1.807, 2.05) is 30.3 Å². The van der Waals surface area contributed by atoms with Gasteiger partial charge in [-0.1, -0.05) is 36.4 Å². The molecule has 1 atom stereocenters. The second-order valence-corrected chi connectivity index (χ2v) is 6.37. The van der Waals surface area contributed by atoms with Gasteiger partial charge in [0.15, 0.2) is 0 Å². The minimum absolute atomic E-state index is 0.0418. The molecular weight excluding hydrogens is 330 g/mol. The minimum Gasteiger partial charge on any atom is -0.491 e. The van der Waals surface area contributed by atoms with E-state index in [1.54, 1.807) is 12.1 Å². The first kappa shape index (κ1) is 17.6. The SMILES string of the molecule is CC(OCCOc1cccc2ccccc12)C(F)(F)S(=O)(=O)O. The number of alkyl halides is 2. The van der Waals surface area contributed by atoms with Gasteiger partial charge in [0.05, 0.1) is 6.61 Å². The molecule has 0 bridgehead atoms. The maximum absolute atomic E-state index is 13.3. The zero-order valence-corrected chi connectivity index (χ0v) is 13.1. The van der Waals surface area contributed by atoms with Gasteiger partial charge in [-0.05, 0) is 18.4 Å². The van der Waals surface area contributed by atoms with Crippen molar-refractivity contribution in [1.82, 2.24) is 0 Å². The molecule has 1 unspecified atom stereocenters. The molecule has 0 radical (unpaired) electrons. The Morgan fingerprint density at radius 3 is 2.48 bits per heavy atom. The van der Waals surface area contributed by atoms with Crippen molar-refractivity contribution in [3.05, 3.63) is 42.5 Å². The number of fused-ring (bicyclic) bond motifs is 1. The zero-order valence-electron chi connectivity index (χ0n) is 12.3. The van der Waals surface area contributed by atoms with E-state index in [1.165, 1.54) is 0 Å². The fraction of sp³-hybridized carbons (Fsp3) is 0.333. The van der Waals surface area contributed by atoms with Gasteiger partial charge in [-0.25, -0.2) is 0 Å². The first-order chi connectivity index (χ1) is 10.7. The van der Waals surface area contributed by atoms with Gasteiger partial charge in [0, 0.05) is 5.39 Å². The summed E-state index contributed by atoms with van der Waals surface area (Å²) in [4.78, 5) is 0. The molecule has 0 aliphatic heterocycles. The highest BCUT2D eigenvalue weighted by Gasteiger charge is 2.50. The summed E-state index contributed by atoms with van der Waals surface area (Å²) in [6, 6.07) is 12.9. The number of rotatable bonds is 7. The van der Waals surface area contributed by atoms with Crippen LogP contribution in [0.2, 0.25) is 0 Å². The maximum atomic E-state index is 13.3. The van der Waals surface area contributed by atoms with E-state index < -0.39 is 21.5 Å². The average molecular weight is 346 g/mol. The molecule has 2 rings (SSSR count). The third-order valence-corrected chi connectivity index (χ3v) is 4.30. The van der Waals surface area contributed by atoms with Crippen molar-refractivity contribution in [3.63, 3.8) is 0 Å². The van der Waals surface area contributed by atoms with Gasteiger partial charge < -0.3 is 9.47 Å². The lowest BCUT2D eigenvalue weighted by molar-refractivity contribution is -0.0826. The molecule has 2 aromatic carbocycles. The Labute approximate surface area is 132 Å². The van der Waals surface area contributed by atoms with Gasteiger partial charge in [-0.15, -0.1) is 0 Å². The molecule has 23 heavy (non-hydrogen) atoms. The summed E-state index contributed by atoms with van der Waals surface area (Å²) in [6.07, 6.45) is -1.99. The Balaban J connectivity index is 1.93. The fourth-order valence-electron chi connectivity index (χ4n) is 2.00. The predicted molar refractivity (Wildman–Crippen MR) is 81.4 cm³/mol. The molecule has 8 heteroatoms. The van der Waals surface area contributed by atoms with Crippen LogP contribution in [-0.4, -0.2) is 37.5 Å². The first-order valence-electron chi connectivity index (χ1n) is 6.80. The fourth-order valence-corrected chi connectivity index (χ4v) is 2.49. The third kappa shape index (κ3) is 3.95. The standard InChI is InChI=1S/C15H16F2O5S/c1-11(15(16,17)23(18,19)20)21-9-10-22-14-8-4-6-12-5-2-3-7-13(12)14/h2-8,11H,9-10H2,1H3,(H,18,19,20). The van der Waals surface area contributed by atoms with Crippen LogP contribution in [0.1, 0.15) is 6.92 Å². The molecule has 0 amide bonds. The smallest absolute Gasteiger partial charge is 0.394 e. The molecule has 0 spiro atoms. The zero-order chi connectivity index (χ0) is 17.1. The van der Waals surface area contributed by atoms with Crippen molar-refractivity contribution >= 4 is 20.9 Å². The molecule has 1 N–H and O–H groups in total. The van der Waals surface area contributed by atoms with Crippen molar-refractivity contribution < 1.29 is 31.2 Å². The highest BCUT2D eigenvalue weighted by atomic mass is 32.2. The Bertz CT molecular complexity index is 771. The van der Waals surface area contributed by atoms with Crippen molar-refractivity contribution in [2.75, 3.05) is 13.2 Å². The van der Waals surface area contributed by atoms with Gasteiger partial charge in [0.25, 0.3) is 0 Å². The molecular formula is C15H16F2O5S. The summed E-state index contributed by atoms with van der Waals surface area (Å²) < 4.78 is 66.5. The second-order valence-electron chi connectivity index (χ2n) is 4.88. The van der Waals surface area contributed by atoms with Crippen LogP contribution in [0.3, 0.4) is 0 Å². The van der Waals surface area contributed by atoms with Crippen molar-refractivity contribution in [2.45, 2.75) is 18.3 Å². The van der Waals surface area contributed by atoms with E-state index >= 15 is 0 Å². The van der Waals surface area contributed by atoms with E-state index in [2.05, 4.69) is 0 Å². The monoisotopic (exact) mass is 346 g/mol. The van der Waals surface area contributed by atoms with E-state index in [4.69, 9.17) is 14.0 Å². The van der Waals surface area contributed by atoms with E-state index in [9.17, 15) is 17.2 Å². The van der Waals surface area contributed by atoms with Gasteiger partial charge in [-0.2, -0.15) is 17.2 Å². The van der Waals surface area contributed by atoms with Crippen molar-refractivity contribution in [2.24, 2.45) is 0 Å². The molecule has 0 aromatic heterocycles. The molecule has 0 aliphatic rings. The number of hydrogen-bond donors (Lipinski definition) is 1. The number of hydrogen-bond acceptors (Lipinski definition) is 4. The van der Waals surface area contributed by atoms with Crippen LogP contribution in [0.4, 0.5) is 8.78 Å². The van der Waals surface area contributed by atoms with E-state index in [-0.39, 0.29) is 13.2 Å². The molecule has 0 saturated carbocycles.